The second-order valence-electron chi connectivity index (χ2n) is 6.93. The first-order valence-corrected chi connectivity index (χ1v) is 9.70. The summed E-state index contributed by atoms with van der Waals surface area (Å²) in [6.45, 7) is 3.90. The summed E-state index contributed by atoms with van der Waals surface area (Å²) in [5.74, 6) is 0.0363. The molecule has 0 atom stereocenters. The van der Waals surface area contributed by atoms with Crippen molar-refractivity contribution in [2.75, 3.05) is 20.1 Å². The van der Waals surface area contributed by atoms with Crippen LogP contribution in [0.25, 0.3) is 11.0 Å². The lowest BCUT2D eigenvalue weighted by Gasteiger charge is -2.18. The van der Waals surface area contributed by atoms with Crippen LogP contribution in [0.5, 0.6) is 0 Å². The third-order valence-corrected chi connectivity index (χ3v) is 5.45. The number of fused-ring (bicyclic) bond motifs is 1. The molecule has 0 radical (unpaired) electrons. The number of aromatic nitrogens is 2. The normalized spacial score (nSPS) is 14.8. The van der Waals surface area contributed by atoms with Crippen LogP contribution in [0.1, 0.15) is 34.3 Å². The molecule has 6 heteroatoms. The van der Waals surface area contributed by atoms with Gasteiger partial charge in [-0.2, -0.15) is 8.75 Å². The van der Waals surface area contributed by atoms with Gasteiger partial charge >= 0.3 is 0 Å². The first-order valence-electron chi connectivity index (χ1n) is 8.97. The molecule has 1 amide bonds. The van der Waals surface area contributed by atoms with Crippen molar-refractivity contribution in [3.63, 3.8) is 0 Å². The Balaban J connectivity index is 1.40. The van der Waals surface area contributed by atoms with Crippen LogP contribution in [-0.2, 0) is 13.1 Å². The highest BCUT2D eigenvalue weighted by Crippen LogP contribution is 2.17. The van der Waals surface area contributed by atoms with Crippen molar-refractivity contribution in [2.24, 2.45) is 0 Å². The van der Waals surface area contributed by atoms with Crippen LogP contribution in [-0.4, -0.2) is 44.6 Å². The van der Waals surface area contributed by atoms with Gasteiger partial charge in [-0.05, 0) is 61.3 Å². The number of benzene rings is 2. The van der Waals surface area contributed by atoms with Gasteiger partial charge in [0.15, 0.2) is 0 Å². The average Bonchev–Trinajstić information content (AvgIpc) is 3.33. The van der Waals surface area contributed by atoms with Gasteiger partial charge in [0.05, 0.1) is 11.7 Å². The topological polar surface area (TPSA) is 49.3 Å². The summed E-state index contributed by atoms with van der Waals surface area (Å²) in [6, 6.07) is 14.0. The summed E-state index contributed by atoms with van der Waals surface area (Å²) < 4.78 is 8.48. The lowest BCUT2D eigenvalue weighted by atomic mass is 10.1. The van der Waals surface area contributed by atoms with E-state index in [0.717, 1.165) is 28.7 Å². The Morgan fingerprint density at radius 3 is 2.50 bits per heavy atom. The molecular formula is C20H22N4OS. The molecule has 0 unspecified atom stereocenters. The standard InChI is InChI=1S/C20H22N4OS/c1-23(13-16-6-9-18-19(12-16)22-26-21-18)20(25)17-7-4-15(5-8-17)14-24-10-2-3-11-24/h4-9,12H,2-3,10-11,13-14H2,1H3. The van der Waals surface area contributed by atoms with Crippen molar-refractivity contribution >= 4 is 28.7 Å². The van der Waals surface area contributed by atoms with Gasteiger partial charge < -0.3 is 4.90 Å². The maximum atomic E-state index is 12.7. The molecule has 134 valence electrons. The highest BCUT2D eigenvalue weighted by molar-refractivity contribution is 7.00. The van der Waals surface area contributed by atoms with Crippen molar-refractivity contribution in [1.82, 2.24) is 18.5 Å². The van der Waals surface area contributed by atoms with Gasteiger partial charge in [0.25, 0.3) is 5.91 Å². The number of carbonyl (C=O) groups excluding carboxylic acids is 1. The molecule has 0 saturated carbocycles. The molecule has 1 aliphatic rings. The van der Waals surface area contributed by atoms with Crippen molar-refractivity contribution in [3.8, 4) is 0 Å². The molecule has 1 aromatic heterocycles. The molecular weight excluding hydrogens is 344 g/mol. The molecule has 0 N–H and O–H groups in total. The molecule has 1 saturated heterocycles. The van der Waals surface area contributed by atoms with Gasteiger partial charge in [-0.15, -0.1) is 0 Å². The summed E-state index contributed by atoms with van der Waals surface area (Å²) in [5.41, 5.74) is 4.86. The second kappa shape index (κ2) is 7.51. The quantitative estimate of drug-likeness (QED) is 0.693. The first-order chi connectivity index (χ1) is 12.7. The number of rotatable bonds is 5. The van der Waals surface area contributed by atoms with Crippen molar-refractivity contribution < 1.29 is 4.79 Å². The molecule has 26 heavy (non-hydrogen) atoms. The number of likely N-dealkylation sites (tertiary alicyclic amines) is 1. The Bertz CT molecular complexity index is 900. The monoisotopic (exact) mass is 366 g/mol. The van der Waals surface area contributed by atoms with Gasteiger partial charge in [0.1, 0.15) is 11.0 Å². The molecule has 2 aromatic carbocycles. The van der Waals surface area contributed by atoms with Gasteiger partial charge in [-0.25, -0.2) is 0 Å². The largest absolute Gasteiger partial charge is 0.337 e. The zero-order valence-corrected chi connectivity index (χ0v) is 15.7. The molecule has 2 heterocycles. The molecule has 3 aromatic rings. The van der Waals surface area contributed by atoms with Crippen LogP contribution in [0.15, 0.2) is 42.5 Å². The van der Waals surface area contributed by atoms with Gasteiger partial charge in [-0.3, -0.25) is 9.69 Å². The van der Waals surface area contributed by atoms with E-state index in [4.69, 9.17) is 0 Å². The summed E-state index contributed by atoms with van der Waals surface area (Å²) in [7, 11) is 1.84. The number of hydrogen-bond donors (Lipinski definition) is 0. The first kappa shape index (κ1) is 17.1. The van der Waals surface area contributed by atoms with E-state index in [1.54, 1.807) is 4.90 Å². The summed E-state index contributed by atoms with van der Waals surface area (Å²) in [5, 5.41) is 0. The van der Waals surface area contributed by atoms with Crippen LogP contribution in [0.4, 0.5) is 0 Å². The minimum absolute atomic E-state index is 0.0363. The fraction of sp³-hybridized carbons (Fsp3) is 0.350. The summed E-state index contributed by atoms with van der Waals surface area (Å²) in [6.07, 6.45) is 2.59. The smallest absolute Gasteiger partial charge is 0.253 e. The molecule has 1 aliphatic heterocycles. The predicted molar refractivity (Wildman–Crippen MR) is 104 cm³/mol. The minimum atomic E-state index is 0.0363. The molecule has 1 fully saturated rings. The Morgan fingerprint density at radius 1 is 1.04 bits per heavy atom. The summed E-state index contributed by atoms with van der Waals surface area (Å²) >= 11 is 1.21. The van der Waals surface area contributed by atoms with E-state index in [0.29, 0.717) is 6.54 Å². The van der Waals surface area contributed by atoms with Crippen LogP contribution < -0.4 is 0 Å². The maximum absolute atomic E-state index is 12.7. The van der Waals surface area contributed by atoms with E-state index in [9.17, 15) is 4.79 Å². The number of carbonyl (C=O) groups is 1. The zero-order valence-electron chi connectivity index (χ0n) is 14.9. The summed E-state index contributed by atoms with van der Waals surface area (Å²) in [4.78, 5) is 16.9. The molecule has 4 rings (SSSR count). The SMILES string of the molecule is CN(Cc1ccc2nsnc2c1)C(=O)c1ccc(CN2CCCC2)cc1. The van der Waals surface area contributed by atoms with E-state index >= 15 is 0 Å². The third-order valence-electron chi connectivity index (χ3n) is 4.89. The van der Waals surface area contributed by atoms with E-state index < -0.39 is 0 Å². The lowest BCUT2D eigenvalue weighted by Crippen LogP contribution is -2.26. The van der Waals surface area contributed by atoms with Crippen LogP contribution in [0.3, 0.4) is 0 Å². The Morgan fingerprint density at radius 2 is 1.73 bits per heavy atom. The van der Waals surface area contributed by atoms with Crippen LogP contribution in [0.2, 0.25) is 0 Å². The van der Waals surface area contributed by atoms with Crippen molar-refractivity contribution in [3.05, 3.63) is 59.2 Å². The van der Waals surface area contributed by atoms with E-state index in [2.05, 4.69) is 25.8 Å². The zero-order chi connectivity index (χ0) is 17.9. The average molecular weight is 366 g/mol. The van der Waals surface area contributed by atoms with E-state index in [-0.39, 0.29) is 5.91 Å². The molecule has 5 nitrogen and oxygen atoms in total. The van der Waals surface area contributed by atoms with E-state index in [1.807, 2.05) is 37.4 Å². The predicted octanol–water partition coefficient (Wildman–Crippen LogP) is 3.56. The van der Waals surface area contributed by atoms with Gasteiger partial charge in [-0.1, -0.05) is 18.2 Å². The van der Waals surface area contributed by atoms with Gasteiger partial charge in [0, 0.05) is 25.7 Å². The molecule has 0 spiro atoms. The lowest BCUT2D eigenvalue weighted by molar-refractivity contribution is 0.0785. The Kier molecular flexibility index (Phi) is 4.95. The second-order valence-corrected chi connectivity index (χ2v) is 7.46. The van der Waals surface area contributed by atoms with Gasteiger partial charge in [0.2, 0.25) is 0 Å². The third kappa shape index (κ3) is 3.76. The van der Waals surface area contributed by atoms with Crippen molar-refractivity contribution in [1.29, 1.82) is 0 Å². The Hall–Kier alpha value is -2.31. The van der Waals surface area contributed by atoms with E-state index in [1.165, 1.54) is 43.2 Å². The fourth-order valence-corrected chi connectivity index (χ4v) is 3.96. The number of hydrogen-bond acceptors (Lipinski definition) is 5. The van der Waals surface area contributed by atoms with Crippen molar-refractivity contribution in [2.45, 2.75) is 25.9 Å². The van der Waals surface area contributed by atoms with Crippen LogP contribution in [0, 0.1) is 0 Å². The maximum Gasteiger partial charge on any atom is 0.253 e. The number of nitrogens with zero attached hydrogens (tertiary/aromatic N) is 4. The Labute approximate surface area is 157 Å². The highest BCUT2D eigenvalue weighted by Gasteiger charge is 2.14. The molecule has 0 aliphatic carbocycles. The molecule has 0 bridgehead atoms. The number of amides is 1. The fourth-order valence-electron chi connectivity index (χ4n) is 3.44. The minimum Gasteiger partial charge on any atom is -0.337 e. The van der Waals surface area contributed by atoms with Crippen LogP contribution >= 0.6 is 11.7 Å². The highest BCUT2D eigenvalue weighted by atomic mass is 32.1.